The average molecular weight is 252 g/mol. The fraction of sp³-hybridized carbons (Fsp3) is 0.0667. The maximum Gasteiger partial charge on any atom is 0.253 e. The number of carbonyl (C=O) groups excluding carboxylic acids is 1. The molecule has 2 heterocycles. The van der Waals surface area contributed by atoms with Crippen LogP contribution in [0.5, 0.6) is 0 Å². The van der Waals surface area contributed by atoms with E-state index in [1.807, 2.05) is 43.3 Å². The first kappa shape index (κ1) is 11.5. The Labute approximate surface area is 109 Å². The van der Waals surface area contributed by atoms with Crippen molar-refractivity contribution in [2.45, 2.75) is 6.92 Å². The number of para-hydroxylation sites is 1. The number of aryl methyl sites for hydroxylation is 1. The Morgan fingerprint density at radius 1 is 1.21 bits per heavy atom. The molecule has 0 spiro atoms. The van der Waals surface area contributed by atoms with E-state index in [-0.39, 0.29) is 0 Å². The van der Waals surface area contributed by atoms with Gasteiger partial charge in [-0.3, -0.25) is 9.78 Å². The Hall–Kier alpha value is -2.62. The van der Waals surface area contributed by atoms with Gasteiger partial charge in [-0.05, 0) is 25.1 Å². The minimum absolute atomic E-state index is 0.404. The van der Waals surface area contributed by atoms with Crippen LogP contribution in [0.25, 0.3) is 22.3 Å². The summed E-state index contributed by atoms with van der Waals surface area (Å²) in [6.45, 7) is 1.90. The van der Waals surface area contributed by atoms with E-state index < -0.39 is 5.91 Å². The standard InChI is InChI=1S/C15H12N2O2/c1-9-6-7-10(8-17-9)14-13(15(16)18)11-4-2-3-5-12(11)19-14/h2-8H,1H3,(H2,16,18). The van der Waals surface area contributed by atoms with Crippen LogP contribution in [0, 0.1) is 6.92 Å². The molecular weight excluding hydrogens is 240 g/mol. The zero-order chi connectivity index (χ0) is 13.4. The third-order valence-corrected chi connectivity index (χ3v) is 3.02. The van der Waals surface area contributed by atoms with Gasteiger partial charge in [-0.15, -0.1) is 0 Å². The van der Waals surface area contributed by atoms with Crippen molar-refractivity contribution in [2.24, 2.45) is 5.73 Å². The maximum atomic E-state index is 11.7. The van der Waals surface area contributed by atoms with Gasteiger partial charge in [0.25, 0.3) is 5.91 Å². The molecule has 0 aliphatic heterocycles. The van der Waals surface area contributed by atoms with E-state index in [2.05, 4.69) is 4.98 Å². The number of primary amides is 1. The molecule has 94 valence electrons. The molecule has 0 atom stereocenters. The van der Waals surface area contributed by atoms with E-state index in [1.54, 1.807) is 6.20 Å². The lowest BCUT2D eigenvalue weighted by molar-refractivity contribution is 0.100. The van der Waals surface area contributed by atoms with Gasteiger partial charge in [0.1, 0.15) is 11.3 Å². The SMILES string of the molecule is Cc1ccc(-c2oc3ccccc3c2C(N)=O)cn1. The lowest BCUT2D eigenvalue weighted by atomic mass is 10.1. The molecule has 0 fully saturated rings. The summed E-state index contributed by atoms with van der Waals surface area (Å²) < 4.78 is 5.75. The van der Waals surface area contributed by atoms with Crippen molar-refractivity contribution in [3.8, 4) is 11.3 Å². The quantitative estimate of drug-likeness (QED) is 0.762. The highest BCUT2D eigenvalue weighted by molar-refractivity contribution is 6.10. The van der Waals surface area contributed by atoms with Crippen molar-refractivity contribution in [2.75, 3.05) is 0 Å². The molecule has 3 rings (SSSR count). The molecule has 4 heteroatoms. The molecular formula is C15H12N2O2. The molecule has 0 aliphatic rings. The Morgan fingerprint density at radius 3 is 2.68 bits per heavy atom. The summed E-state index contributed by atoms with van der Waals surface area (Å²) in [5.74, 6) is -0.0262. The Morgan fingerprint density at radius 2 is 2.00 bits per heavy atom. The fourth-order valence-electron chi connectivity index (χ4n) is 2.10. The van der Waals surface area contributed by atoms with E-state index in [1.165, 1.54) is 0 Å². The number of furan rings is 1. The van der Waals surface area contributed by atoms with Crippen molar-refractivity contribution >= 4 is 16.9 Å². The van der Waals surface area contributed by atoms with Gasteiger partial charge in [0.2, 0.25) is 0 Å². The molecule has 0 unspecified atom stereocenters. The smallest absolute Gasteiger partial charge is 0.253 e. The Balaban J connectivity index is 2.31. The largest absolute Gasteiger partial charge is 0.455 e. The molecule has 4 nitrogen and oxygen atoms in total. The molecule has 1 aromatic carbocycles. The van der Waals surface area contributed by atoms with Crippen LogP contribution in [0.3, 0.4) is 0 Å². The van der Waals surface area contributed by atoms with Gasteiger partial charge in [0.15, 0.2) is 0 Å². The number of carbonyl (C=O) groups is 1. The molecule has 0 radical (unpaired) electrons. The highest BCUT2D eigenvalue weighted by atomic mass is 16.3. The van der Waals surface area contributed by atoms with Gasteiger partial charge in [0, 0.05) is 22.8 Å². The molecule has 2 aromatic heterocycles. The number of aromatic nitrogens is 1. The minimum atomic E-state index is -0.500. The zero-order valence-electron chi connectivity index (χ0n) is 10.4. The van der Waals surface area contributed by atoms with Crippen molar-refractivity contribution in [1.82, 2.24) is 4.98 Å². The second-order valence-electron chi connectivity index (χ2n) is 4.35. The van der Waals surface area contributed by atoms with Gasteiger partial charge in [-0.1, -0.05) is 18.2 Å². The van der Waals surface area contributed by atoms with E-state index in [9.17, 15) is 4.79 Å². The number of rotatable bonds is 2. The summed E-state index contributed by atoms with van der Waals surface area (Å²) in [5, 5.41) is 0.727. The molecule has 0 bridgehead atoms. The number of hydrogen-bond acceptors (Lipinski definition) is 3. The second-order valence-corrected chi connectivity index (χ2v) is 4.35. The van der Waals surface area contributed by atoms with Crippen LogP contribution >= 0.6 is 0 Å². The highest BCUT2D eigenvalue weighted by Crippen LogP contribution is 2.32. The summed E-state index contributed by atoms with van der Waals surface area (Å²) in [4.78, 5) is 15.9. The molecule has 0 saturated heterocycles. The number of nitrogens with zero attached hydrogens (tertiary/aromatic N) is 1. The van der Waals surface area contributed by atoms with Crippen LogP contribution in [0.2, 0.25) is 0 Å². The number of nitrogens with two attached hydrogens (primary N) is 1. The van der Waals surface area contributed by atoms with Gasteiger partial charge in [-0.2, -0.15) is 0 Å². The Kier molecular flexibility index (Phi) is 2.56. The molecule has 19 heavy (non-hydrogen) atoms. The van der Waals surface area contributed by atoms with E-state index >= 15 is 0 Å². The van der Waals surface area contributed by atoms with Crippen molar-refractivity contribution < 1.29 is 9.21 Å². The molecule has 1 amide bonds. The van der Waals surface area contributed by atoms with Crippen molar-refractivity contribution in [3.63, 3.8) is 0 Å². The van der Waals surface area contributed by atoms with Crippen LogP contribution in [-0.4, -0.2) is 10.9 Å². The molecule has 2 N–H and O–H groups in total. The first-order valence-corrected chi connectivity index (χ1v) is 5.91. The summed E-state index contributed by atoms with van der Waals surface area (Å²) in [7, 11) is 0. The maximum absolute atomic E-state index is 11.7. The summed E-state index contributed by atoms with van der Waals surface area (Å²) in [6, 6.07) is 11.1. The number of amides is 1. The second kappa shape index (κ2) is 4.24. The van der Waals surface area contributed by atoms with Crippen molar-refractivity contribution in [3.05, 3.63) is 53.9 Å². The Bertz CT molecular complexity index is 757. The van der Waals surface area contributed by atoms with E-state index in [0.717, 1.165) is 16.6 Å². The molecule has 3 aromatic rings. The lowest BCUT2D eigenvalue weighted by Crippen LogP contribution is -2.11. The van der Waals surface area contributed by atoms with E-state index in [0.29, 0.717) is 16.9 Å². The lowest BCUT2D eigenvalue weighted by Gasteiger charge is -2.00. The number of fused-ring (bicyclic) bond motifs is 1. The predicted molar refractivity (Wildman–Crippen MR) is 72.7 cm³/mol. The van der Waals surface area contributed by atoms with Crippen LogP contribution in [0.1, 0.15) is 16.1 Å². The number of benzene rings is 1. The molecule has 0 aliphatic carbocycles. The number of hydrogen-bond donors (Lipinski definition) is 1. The third kappa shape index (κ3) is 1.87. The van der Waals surface area contributed by atoms with Gasteiger partial charge in [-0.25, -0.2) is 0 Å². The molecule has 0 saturated carbocycles. The summed E-state index contributed by atoms with van der Waals surface area (Å²) in [6.07, 6.45) is 1.68. The zero-order valence-corrected chi connectivity index (χ0v) is 10.4. The highest BCUT2D eigenvalue weighted by Gasteiger charge is 2.19. The van der Waals surface area contributed by atoms with Gasteiger partial charge < -0.3 is 10.2 Å². The van der Waals surface area contributed by atoms with E-state index in [4.69, 9.17) is 10.2 Å². The van der Waals surface area contributed by atoms with Crippen LogP contribution in [0.4, 0.5) is 0 Å². The topological polar surface area (TPSA) is 69.1 Å². The van der Waals surface area contributed by atoms with Gasteiger partial charge >= 0.3 is 0 Å². The normalized spacial score (nSPS) is 10.8. The van der Waals surface area contributed by atoms with Crippen LogP contribution in [-0.2, 0) is 0 Å². The van der Waals surface area contributed by atoms with Gasteiger partial charge in [0.05, 0.1) is 5.56 Å². The van der Waals surface area contributed by atoms with Crippen LogP contribution in [0.15, 0.2) is 47.0 Å². The number of pyridine rings is 1. The monoisotopic (exact) mass is 252 g/mol. The fourth-order valence-corrected chi connectivity index (χ4v) is 2.10. The predicted octanol–water partition coefficient (Wildman–Crippen LogP) is 2.90. The first-order chi connectivity index (χ1) is 9.16. The van der Waals surface area contributed by atoms with Crippen molar-refractivity contribution in [1.29, 1.82) is 0 Å². The first-order valence-electron chi connectivity index (χ1n) is 5.91. The average Bonchev–Trinajstić information content (AvgIpc) is 2.78. The summed E-state index contributed by atoms with van der Waals surface area (Å²) >= 11 is 0. The summed E-state index contributed by atoms with van der Waals surface area (Å²) in [5.41, 5.74) is 8.17. The minimum Gasteiger partial charge on any atom is -0.455 e. The third-order valence-electron chi connectivity index (χ3n) is 3.02. The van der Waals surface area contributed by atoms with Crippen LogP contribution < -0.4 is 5.73 Å².